The third-order valence-corrected chi connectivity index (χ3v) is 4.05. The second kappa shape index (κ2) is 8.22. The van der Waals surface area contributed by atoms with Gasteiger partial charge in [-0.1, -0.05) is 13.8 Å². The molecule has 0 spiro atoms. The molecule has 2 unspecified atom stereocenters. The summed E-state index contributed by atoms with van der Waals surface area (Å²) >= 11 is 0. The van der Waals surface area contributed by atoms with Gasteiger partial charge < -0.3 is 19.7 Å². The van der Waals surface area contributed by atoms with E-state index in [9.17, 15) is 5.11 Å². The lowest BCUT2D eigenvalue weighted by atomic mass is 10.0. The molecule has 2 heterocycles. The van der Waals surface area contributed by atoms with Crippen LogP contribution in [0, 0.1) is 11.8 Å². The van der Waals surface area contributed by atoms with Crippen molar-refractivity contribution >= 4 is 5.96 Å². The van der Waals surface area contributed by atoms with E-state index in [0.717, 1.165) is 50.7 Å². The fourth-order valence-corrected chi connectivity index (χ4v) is 2.66. The topological polar surface area (TPSA) is 61.0 Å². The minimum atomic E-state index is -0.250. The minimum Gasteiger partial charge on any atom is -0.469 e. The highest BCUT2D eigenvalue weighted by Crippen LogP contribution is 2.19. The van der Waals surface area contributed by atoms with Gasteiger partial charge in [-0.05, 0) is 31.4 Å². The fraction of sp³-hybridized carbons (Fsp3) is 0.706. The Morgan fingerprint density at radius 2 is 2.32 bits per heavy atom. The number of nitrogens with zero attached hydrogens (tertiary/aromatic N) is 2. The van der Waals surface area contributed by atoms with Gasteiger partial charge in [0.25, 0.3) is 0 Å². The maximum absolute atomic E-state index is 9.77. The van der Waals surface area contributed by atoms with E-state index >= 15 is 0 Å². The highest BCUT2D eigenvalue weighted by Gasteiger charge is 2.27. The van der Waals surface area contributed by atoms with Crippen molar-refractivity contribution in [2.24, 2.45) is 16.8 Å². The zero-order valence-corrected chi connectivity index (χ0v) is 14.0. The summed E-state index contributed by atoms with van der Waals surface area (Å²) in [5.74, 6) is 2.83. The highest BCUT2D eigenvalue weighted by molar-refractivity contribution is 5.80. The molecule has 0 amide bonds. The molecule has 1 fully saturated rings. The quantitative estimate of drug-likeness (QED) is 0.624. The molecule has 5 nitrogen and oxygen atoms in total. The SMILES string of the molecule is CC(C)CN=C(NCCc1ccco1)N1CCC(C(C)O)C1. The van der Waals surface area contributed by atoms with Gasteiger partial charge in [0.2, 0.25) is 0 Å². The Balaban J connectivity index is 1.90. The van der Waals surface area contributed by atoms with Crippen LogP contribution in [-0.4, -0.2) is 48.2 Å². The lowest BCUT2D eigenvalue weighted by Gasteiger charge is -2.23. The van der Waals surface area contributed by atoms with Gasteiger partial charge in [0.1, 0.15) is 5.76 Å². The van der Waals surface area contributed by atoms with Crippen molar-refractivity contribution in [1.29, 1.82) is 0 Å². The van der Waals surface area contributed by atoms with Crippen LogP contribution in [0.4, 0.5) is 0 Å². The number of hydrogen-bond donors (Lipinski definition) is 2. The molecule has 1 aromatic rings. The standard InChI is InChI=1S/C17H29N3O2/c1-13(2)11-19-17(18-8-6-16-5-4-10-22-16)20-9-7-15(12-20)14(3)21/h4-5,10,13-15,21H,6-9,11-12H2,1-3H3,(H,18,19). The van der Waals surface area contributed by atoms with Crippen LogP contribution in [-0.2, 0) is 6.42 Å². The second-order valence-corrected chi connectivity index (χ2v) is 6.55. The Hall–Kier alpha value is -1.49. The number of furan rings is 1. The molecule has 5 heteroatoms. The van der Waals surface area contributed by atoms with Crippen LogP contribution in [0.25, 0.3) is 0 Å². The molecule has 1 aromatic heterocycles. The molecule has 0 aromatic carbocycles. The van der Waals surface area contributed by atoms with Gasteiger partial charge >= 0.3 is 0 Å². The number of hydrogen-bond acceptors (Lipinski definition) is 3. The summed E-state index contributed by atoms with van der Waals surface area (Å²) in [5.41, 5.74) is 0. The van der Waals surface area contributed by atoms with E-state index in [-0.39, 0.29) is 6.10 Å². The van der Waals surface area contributed by atoms with Crippen molar-refractivity contribution in [3.63, 3.8) is 0 Å². The number of likely N-dealkylation sites (tertiary alicyclic amines) is 1. The third kappa shape index (κ3) is 5.05. The van der Waals surface area contributed by atoms with Crippen LogP contribution in [0.2, 0.25) is 0 Å². The molecular weight excluding hydrogens is 278 g/mol. The van der Waals surface area contributed by atoms with E-state index in [4.69, 9.17) is 9.41 Å². The summed E-state index contributed by atoms with van der Waals surface area (Å²) in [7, 11) is 0. The summed E-state index contributed by atoms with van der Waals surface area (Å²) in [6.07, 6.45) is 3.33. The average molecular weight is 307 g/mol. The number of rotatable bonds is 6. The van der Waals surface area contributed by atoms with Crippen LogP contribution < -0.4 is 5.32 Å². The molecule has 2 N–H and O–H groups in total. The molecular formula is C17H29N3O2. The highest BCUT2D eigenvalue weighted by atomic mass is 16.3. The normalized spacial score (nSPS) is 20.7. The molecule has 22 heavy (non-hydrogen) atoms. The first-order chi connectivity index (χ1) is 10.6. The van der Waals surface area contributed by atoms with E-state index in [2.05, 4.69) is 24.1 Å². The van der Waals surface area contributed by atoms with Crippen molar-refractivity contribution in [1.82, 2.24) is 10.2 Å². The maximum atomic E-state index is 9.77. The monoisotopic (exact) mass is 307 g/mol. The molecule has 0 bridgehead atoms. The van der Waals surface area contributed by atoms with Crippen molar-refractivity contribution in [3.8, 4) is 0 Å². The summed E-state index contributed by atoms with van der Waals surface area (Å²) in [6, 6.07) is 3.91. The van der Waals surface area contributed by atoms with Gasteiger partial charge in [0.15, 0.2) is 5.96 Å². The Kier molecular flexibility index (Phi) is 6.31. The van der Waals surface area contributed by atoms with E-state index in [1.165, 1.54) is 0 Å². The van der Waals surface area contributed by atoms with E-state index in [1.807, 2.05) is 19.1 Å². The lowest BCUT2D eigenvalue weighted by molar-refractivity contribution is 0.132. The van der Waals surface area contributed by atoms with Gasteiger partial charge in [-0.15, -0.1) is 0 Å². The first-order valence-corrected chi connectivity index (χ1v) is 8.30. The van der Waals surface area contributed by atoms with Gasteiger partial charge in [-0.2, -0.15) is 0 Å². The van der Waals surface area contributed by atoms with Gasteiger partial charge in [0.05, 0.1) is 12.4 Å². The molecule has 1 saturated heterocycles. The van der Waals surface area contributed by atoms with E-state index < -0.39 is 0 Å². The second-order valence-electron chi connectivity index (χ2n) is 6.55. The molecule has 0 aliphatic carbocycles. The van der Waals surface area contributed by atoms with Crippen LogP contribution in [0.5, 0.6) is 0 Å². The lowest BCUT2D eigenvalue weighted by Crippen LogP contribution is -2.41. The van der Waals surface area contributed by atoms with E-state index in [0.29, 0.717) is 11.8 Å². The fourth-order valence-electron chi connectivity index (χ4n) is 2.66. The van der Waals surface area contributed by atoms with Gasteiger partial charge in [-0.3, -0.25) is 4.99 Å². The summed E-state index contributed by atoms with van der Waals surface area (Å²) in [4.78, 5) is 7.00. The molecule has 2 rings (SSSR count). The summed E-state index contributed by atoms with van der Waals surface area (Å²) in [5, 5.41) is 13.2. The van der Waals surface area contributed by atoms with Crippen LogP contribution >= 0.6 is 0 Å². The van der Waals surface area contributed by atoms with Crippen LogP contribution in [0.3, 0.4) is 0 Å². The zero-order valence-electron chi connectivity index (χ0n) is 14.0. The smallest absolute Gasteiger partial charge is 0.193 e. The molecule has 1 aliphatic rings. The van der Waals surface area contributed by atoms with Crippen molar-refractivity contribution < 1.29 is 9.52 Å². The number of nitrogens with one attached hydrogen (secondary N) is 1. The van der Waals surface area contributed by atoms with Crippen LogP contribution in [0.15, 0.2) is 27.8 Å². The molecule has 1 aliphatic heterocycles. The minimum absolute atomic E-state index is 0.250. The summed E-state index contributed by atoms with van der Waals surface area (Å²) < 4.78 is 5.36. The first kappa shape index (κ1) is 16.9. The number of aliphatic hydroxyl groups is 1. The predicted octanol–water partition coefficient (Wildman–Crippen LogP) is 2.13. The Morgan fingerprint density at radius 3 is 2.91 bits per heavy atom. The molecule has 124 valence electrons. The number of guanidine groups is 1. The maximum Gasteiger partial charge on any atom is 0.193 e. The Bertz CT molecular complexity index is 454. The van der Waals surface area contributed by atoms with Gasteiger partial charge in [-0.25, -0.2) is 0 Å². The Labute approximate surface area is 133 Å². The zero-order chi connectivity index (χ0) is 15.9. The largest absolute Gasteiger partial charge is 0.469 e. The first-order valence-electron chi connectivity index (χ1n) is 8.30. The van der Waals surface area contributed by atoms with E-state index in [1.54, 1.807) is 6.26 Å². The van der Waals surface area contributed by atoms with Crippen LogP contribution in [0.1, 0.15) is 33.0 Å². The van der Waals surface area contributed by atoms with Crippen molar-refractivity contribution in [2.45, 2.75) is 39.7 Å². The summed E-state index contributed by atoms with van der Waals surface area (Å²) in [6.45, 7) is 9.68. The third-order valence-electron chi connectivity index (χ3n) is 4.05. The molecule has 0 saturated carbocycles. The molecule has 2 atom stereocenters. The van der Waals surface area contributed by atoms with Crippen molar-refractivity contribution in [3.05, 3.63) is 24.2 Å². The molecule has 0 radical (unpaired) electrons. The van der Waals surface area contributed by atoms with Crippen molar-refractivity contribution in [2.75, 3.05) is 26.2 Å². The Morgan fingerprint density at radius 1 is 1.50 bits per heavy atom. The number of aliphatic imine (C=N–C) groups is 1. The number of aliphatic hydroxyl groups excluding tert-OH is 1. The average Bonchev–Trinajstić information content (AvgIpc) is 3.13. The predicted molar refractivity (Wildman–Crippen MR) is 88.9 cm³/mol. The van der Waals surface area contributed by atoms with Gasteiger partial charge in [0, 0.05) is 38.5 Å².